The SMILES string of the molecule is CC1(C)c2cc3c(cc2-c2c1ccc1ccccc21)C(C)(C)c1cc2ccc4cc(-c5c([O-])cccc5[O-])cc5ccc(c1-3)c2c45.[O-]c1cccc([O-])c1-c1cc2ccc3cccc4ccc(c1)c2c34.[O-]c1cccc([O-])c1-c1ccc(N(c2ccccc2)c2c3ccccc3c(N(c3ccccc3)c3ccccc3)c3ccccc23)cc1. The molecule has 564 valence electrons. The molecule has 0 fully saturated rings. The molecule has 0 unspecified atom stereocenters. The van der Waals surface area contributed by atoms with Gasteiger partial charge in [0.2, 0.25) is 0 Å². The summed E-state index contributed by atoms with van der Waals surface area (Å²) in [6.45, 7) is 9.49. The molecule has 0 N–H and O–H groups in total. The Morgan fingerprint density at radius 2 is 0.500 bits per heavy atom. The predicted molar refractivity (Wildman–Crippen MR) is 477 cm³/mol. The minimum absolute atomic E-state index is 0.116. The first kappa shape index (κ1) is 70.7. The zero-order valence-corrected chi connectivity index (χ0v) is 65.0. The van der Waals surface area contributed by atoms with Crippen molar-refractivity contribution >= 4 is 131 Å². The van der Waals surface area contributed by atoms with Crippen LogP contribution in [0.4, 0.5) is 34.1 Å². The van der Waals surface area contributed by atoms with Gasteiger partial charge in [0.05, 0.1) is 11.4 Å². The van der Waals surface area contributed by atoms with Crippen molar-refractivity contribution in [2.75, 3.05) is 9.80 Å². The first-order valence-electron chi connectivity index (χ1n) is 39.9. The molecule has 0 saturated carbocycles. The van der Waals surface area contributed by atoms with Crippen LogP contribution in [0.1, 0.15) is 49.9 Å². The average molecular weight is 1520 g/mol. The lowest BCUT2D eigenvalue weighted by Gasteiger charge is -2.33. The second kappa shape index (κ2) is 27.3. The Bertz CT molecular complexity index is 7390. The first-order chi connectivity index (χ1) is 57.5. The van der Waals surface area contributed by atoms with E-state index in [-0.39, 0.29) is 62.0 Å². The normalized spacial score (nSPS) is 12.9. The highest BCUT2D eigenvalue weighted by atomic mass is 16.3. The van der Waals surface area contributed by atoms with Crippen LogP contribution < -0.4 is 40.4 Å². The van der Waals surface area contributed by atoms with E-state index in [0.717, 1.165) is 77.2 Å². The fourth-order valence-electron chi connectivity index (χ4n) is 19.4. The lowest BCUT2D eigenvalue weighted by Crippen LogP contribution is -2.17. The zero-order valence-electron chi connectivity index (χ0n) is 65.0. The van der Waals surface area contributed by atoms with Gasteiger partial charge in [0, 0.05) is 55.1 Å². The van der Waals surface area contributed by atoms with Gasteiger partial charge in [0.1, 0.15) is 0 Å². The Morgan fingerprint density at radius 1 is 0.195 bits per heavy atom. The van der Waals surface area contributed by atoms with Gasteiger partial charge in [0.15, 0.2) is 0 Å². The molecule has 0 radical (unpaired) electrons. The molecule has 0 bridgehead atoms. The molecule has 21 aromatic carbocycles. The summed E-state index contributed by atoms with van der Waals surface area (Å²) in [7, 11) is 0. The summed E-state index contributed by atoms with van der Waals surface area (Å²) in [5.74, 6) is -1.47. The van der Waals surface area contributed by atoms with Crippen LogP contribution in [0.25, 0.3) is 153 Å². The Balaban J connectivity index is 0.000000116. The number of hydrogen-bond donors (Lipinski definition) is 0. The Kier molecular flexibility index (Phi) is 16.4. The number of para-hydroxylation sites is 3. The summed E-state index contributed by atoms with van der Waals surface area (Å²) < 4.78 is 0. The van der Waals surface area contributed by atoms with E-state index in [9.17, 15) is 30.6 Å². The molecule has 21 aromatic rings. The van der Waals surface area contributed by atoms with E-state index < -0.39 is 0 Å². The van der Waals surface area contributed by atoms with Gasteiger partial charge in [-0.2, -0.15) is 0 Å². The van der Waals surface area contributed by atoms with E-state index in [0.29, 0.717) is 16.7 Å². The molecule has 0 amide bonds. The molecule has 0 spiro atoms. The predicted octanol–water partition coefficient (Wildman–Crippen LogP) is 25.3. The molecule has 2 aliphatic rings. The summed E-state index contributed by atoms with van der Waals surface area (Å²) in [4.78, 5) is 4.62. The van der Waals surface area contributed by atoms with Gasteiger partial charge >= 0.3 is 0 Å². The maximum Gasteiger partial charge on any atom is 0.0619 e. The molecule has 2 aliphatic carbocycles. The van der Waals surface area contributed by atoms with Gasteiger partial charge in [-0.15, -0.1) is 34.5 Å². The standard InChI is InChI=1S/C44H32N2O2.C44H32O2.C22H14O2/c47-40-25-14-26-41(48)42(40)31-27-29-35(30-28-31)46(34-19-8-3-9-20-34)44-38-23-12-10-21-36(38)43(37-22-11-13-24-39(37)44)45(32-15-4-1-5-16-32)33-17-6-2-7-18-33;1-43(2)32-17-15-23-8-5-6-9-28(23)41(32)30-21-34-31(22-33(30)43)42-29-16-14-25-19-27(40-36(45)10-7-11-37(40)46)18-24-12-13-26(39(29)38(24)25)20-35(42)44(34,3)4;23-18-5-2-6-19(24)22(18)17-11-15-9-7-13-3-1-4-14-8-10-16(12-17)21(15)20(13)14/h1-30,47-48H;5-22,45-46H,1-4H3;1-12,23-24H/p-6. The molecule has 0 atom stereocenters. The molecule has 23 rings (SSSR count). The fourth-order valence-corrected chi connectivity index (χ4v) is 19.4. The summed E-state index contributed by atoms with van der Waals surface area (Å²) in [6, 6.07) is 122. The van der Waals surface area contributed by atoms with Crippen molar-refractivity contribution in [3.8, 4) is 90.1 Å². The number of fused-ring (bicyclic) bond motifs is 11. The Labute approximate surface area is 682 Å². The second-order valence-corrected chi connectivity index (χ2v) is 32.2. The van der Waals surface area contributed by atoms with Crippen LogP contribution in [0, 0.1) is 0 Å². The van der Waals surface area contributed by atoms with Crippen molar-refractivity contribution in [2.45, 2.75) is 38.5 Å². The van der Waals surface area contributed by atoms with Gasteiger partial charge in [-0.25, -0.2) is 0 Å². The van der Waals surface area contributed by atoms with Crippen LogP contribution in [0.2, 0.25) is 0 Å². The highest BCUT2D eigenvalue weighted by Crippen LogP contribution is 2.60. The molecule has 8 heteroatoms. The molecule has 118 heavy (non-hydrogen) atoms. The highest BCUT2D eigenvalue weighted by Gasteiger charge is 2.43. The van der Waals surface area contributed by atoms with E-state index in [1.54, 1.807) is 0 Å². The summed E-state index contributed by atoms with van der Waals surface area (Å²) in [6.07, 6.45) is 0. The number of hydrogen-bond acceptors (Lipinski definition) is 8. The smallest absolute Gasteiger partial charge is 0.0619 e. The summed E-state index contributed by atoms with van der Waals surface area (Å²) >= 11 is 0. The van der Waals surface area contributed by atoms with Crippen LogP contribution >= 0.6 is 0 Å². The number of anilines is 6. The second-order valence-electron chi connectivity index (χ2n) is 32.2. The molecule has 0 heterocycles. The van der Waals surface area contributed by atoms with Gasteiger partial charge < -0.3 is 40.4 Å². The van der Waals surface area contributed by atoms with Gasteiger partial charge in [0.25, 0.3) is 0 Å². The third-order valence-corrected chi connectivity index (χ3v) is 24.8. The lowest BCUT2D eigenvalue weighted by molar-refractivity contribution is -0.279. The zero-order chi connectivity index (χ0) is 80.0. The van der Waals surface area contributed by atoms with Gasteiger partial charge in [-0.3, -0.25) is 0 Å². The van der Waals surface area contributed by atoms with E-state index in [2.05, 4.69) is 268 Å². The Morgan fingerprint density at radius 3 is 0.932 bits per heavy atom. The van der Waals surface area contributed by atoms with Gasteiger partial charge in [-0.05, 0) is 244 Å². The quantitative estimate of drug-likeness (QED) is 0.0789. The lowest BCUT2D eigenvalue weighted by atomic mass is 9.79. The van der Waals surface area contributed by atoms with Crippen LogP contribution in [0.5, 0.6) is 34.5 Å². The maximum absolute atomic E-state index is 12.8. The van der Waals surface area contributed by atoms with E-state index in [4.69, 9.17) is 0 Å². The first-order valence-corrected chi connectivity index (χ1v) is 39.9. The molecule has 0 aromatic heterocycles. The average Bonchev–Trinajstić information content (AvgIpc) is 1.51. The largest absolute Gasteiger partial charge is 0.872 e. The topological polar surface area (TPSA) is 145 Å². The number of nitrogens with zero attached hydrogens (tertiary/aromatic N) is 2. The number of benzene rings is 21. The van der Waals surface area contributed by atoms with E-state index in [1.165, 1.54) is 153 Å². The van der Waals surface area contributed by atoms with Crippen molar-refractivity contribution in [3.63, 3.8) is 0 Å². The third-order valence-electron chi connectivity index (χ3n) is 24.8. The summed E-state index contributed by atoms with van der Waals surface area (Å²) in [5, 5.41) is 96.1. The molecule has 0 aliphatic heterocycles. The van der Waals surface area contributed by atoms with Crippen LogP contribution in [0.15, 0.2) is 364 Å². The third kappa shape index (κ3) is 11.1. The van der Waals surface area contributed by atoms with Crippen LogP contribution in [-0.4, -0.2) is 0 Å². The van der Waals surface area contributed by atoms with E-state index in [1.807, 2.05) is 78.9 Å². The van der Waals surface area contributed by atoms with Crippen molar-refractivity contribution in [1.29, 1.82) is 0 Å². The molecule has 8 nitrogen and oxygen atoms in total. The van der Waals surface area contributed by atoms with Gasteiger partial charge in [-0.1, -0.05) is 301 Å². The van der Waals surface area contributed by atoms with E-state index >= 15 is 0 Å². The minimum Gasteiger partial charge on any atom is -0.872 e. The fraction of sp³-hybridized carbons (Fsp3) is 0.0545. The molecular weight excluding hydrogens is 1450 g/mol. The van der Waals surface area contributed by atoms with Crippen molar-refractivity contribution in [3.05, 3.63) is 386 Å². The van der Waals surface area contributed by atoms with Crippen molar-refractivity contribution in [1.82, 2.24) is 0 Å². The van der Waals surface area contributed by atoms with Crippen LogP contribution in [-0.2, 0) is 10.8 Å². The Hall–Kier alpha value is -15.1. The minimum atomic E-state index is -0.274. The number of rotatable bonds is 9. The summed E-state index contributed by atoms with van der Waals surface area (Å²) in [5.41, 5.74) is 19.5. The van der Waals surface area contributed by atoms with Crippen LogP contribution in [0.3, 0.4) is 0 Å². The molecular formula is C110H72N2O6-6. The molecule has 0 saturated heterocycles. The van der Waals surface area contributed by atoms with Crippen molar-refractivity contribution < 1.29 is 30.6 Å². The van der Waals surface area contributed by atoms with Crippen molar-refractivity contribution in [2.24, 2.45) is 0 Å². The highest BCUT2D eigenvalue weighted by molar-refractivity contribution is 6.29. The monoisotopic (exact) mass is 1520 g/mol. The maximum atomic E-state index is 12.8.